The van der Waals surface area contributed by atoms with Gasteiger partial charge in [0.1, 0.15) is 11.6 Å². The minimum absolute atomic E-state index is 0.121. The average molecular weight is 299 g/mol. The van der Waals surface area contributed by atoms with Crippen LogP contribution in [-0.4, -0.2) is 23.5 Å². The molecule has 116 valence electrons. The predicted molar refractivity (Wildman–Crippen MR) is 75.0 cm³/mol. The maximum absolute atomic E-state index is 13.9. The number of rotatable bonds is 4. The summed E-state index contributed by atoms with van der Waals surface area (Å²) in [7, 11) is 0. The number of benzene rings is 1. The number of aliphatic carboxylic acids is 1. The van der Waals surface area contributed by atoms with E-state index in [0.29, 0.717) is 6.07 Å². The van der Waals surface area contributed by atoms with Crippen molar-refractivity contribution in [3.8, 4) is 0 Å². The minimum atomic E-state index is -1.09. The van der Waals surface area contributed by atoms with Crippen molar-refractivity contribution in [2.75, 3.05) is 11.4 Å². The van der Waals surface area contributed by atoms with Crippen LogP contribution in [0.5, 0.6) is 0 Å². The Morgan fingerprint density at radius 1 is 1.29 bits per heavy atom. The van der Waals surface area contributed by atoms with Gasteiger partial charge in [-0.3, -0.25) is 9.59 Å². The van der Waals surface area contributed by atoms with Crippen molar-refractivity contribution in [2.24, 2.45) is 11.3 Å². The van der Waals surface area contributed by atoms with E-state index in [0.717, 1.165) is 17.0 Å². The largest absolute Gasteiger partial charge is 0.481 e. The third-order valence-corrected chi connectivity index (χ3v) is 2.97. The third-order valence-electron chi connectivity index (χ3n) is 2.97. The fourth-order valence-corrected chi connectivity index (χ4v) is 1.75. The molecule has 1 N–H and O–H groups in total. The smallest absolute Gasteiger partial charge is 0.308 e. The molecular formula is C15H19F2NO3. The van der Waals surface area contributed by atoms with E-state index in [2.05, 4.69) is 0 Å². The van der Waals surface area contributed by atoms with Crippen molar-refractivity contribution >= 4 is 17.6 Å². The molecule has 0 radical (unpaired) electrons. The van der Waals surface area contributed by atoms with E-state index in [1.165, 1.54) is 6.92 Å². The van der Waals surface area contributed by atoms with E-state index in [-0.39, 0.29) is 12.2 Å². The first-order chi connectivity index (χ1) is 9.54. The van der Waals surface area contributed by atoms with Gasteiger partial charge in [-0.15, -0.1) is 0 Å². The number of amides is 1. The molecule has 0 aliphatic heterocycles. The Kier molecular flexibility index (Phi) is 5.04. The molecule has 0 heterocycles. The monoisotopic (exact) mass is 299 g/mol. The van der Waals surface area contributed by atoms with Gasteiger partial charge >= 0.3 is 5.97 Å². The second-order valence-corrected chi connectivity index (χ2v) is 6.00. The maximum Gasteiger partial charge on any atom is 0.308 e. The number of carbonyl (C=O) groups excluding carboxylic acids is 1. The highest BCUT2D eigenvalue weighted by molar-refractivity contribution is 5.97. The van der Waals surface area contributed by atoms with Crippen LogP contribution in [0.3, 0.4) is 0 Å². The van der Waals surface area contributed by atoms with Crippen molar-refractivity contribution in [1.29, 1.82) is 0 Å². The number of nitrogens with zero attached hydrogens (tertiary/aromatic N) is 1. The number of carboxylic acids is 1. The van der Waals surface area contributed by atoms with E-state index in [1.807, 2.05) is 0 Å². The number of hydrogen-bond donors (Lipinski definition) is 1. The normalized spacial score (nSPS) is 12.9. The first-order valence-corrected chi connectivity index (χ1v) is 6.54. The first-order valence-electron chi connectivity index (χ1n) is 6.54. The molecule has 1 aromatic carbocycles. The van der Waals surface area contributed by atoms with Gasteiger partial charge in [0.15, 0.2) is 0 Å². The summed E-state index contributed by atoms with van der Waals surface area (Å²) in [6.45, 7) is 6.18. The van der Waals surface area contributed by atoms with Gasteiger partial charge in [0, 0.05) is 18.0 Å². The Labute approximate surface area is 122 Å². The van der Waals surface area contributed by atoms with Crippen LogP contribution in [0.1, 0.15) is 27.7 Å². The van der Waals surface area contributed by atoms with Gasteiger partial charge in [-0.05, 0) is 12.1 Å². The Balaban J connectivity index is 3.24. The van der Waals surface area contributed by atoms with Gasteiger partial charge in [0.2, 0.25) is 5.91 Å². The molecule has 0 saturated heterocycles. The highest BCUT2D eigenvalue weighted by Gasteiger charge is 2.32. The molecule has 6 heteroatoms. The molecule has 0 aliphatic carbocycles. The summed E-state index contributed by atoms with van der Waals surface area (Å²) in [5.74, 6) is -4.05. The number of carbonyl (C=O) groups is 2. The molecule has 1 rings (SSSR count). The molecule has 0 aliphatic rings. The van der Waals surface area contributed by atoms with E-state index in [1.54, 1.807) is 20.8 Å². The highest BCUT2D eigenvalue weighted by atomic mass is 19.1. The standard InChI is InChI=1S/C15H19F2NO3/c1-9(13(19)20)8-18(14(21)15(2,3)4)12-6-5-10(16)7-11(12)17/h5-7,9H,8H2,1-4H3,(H,19,20). The summed E-state index contributed by atoms with van der Waals surface area (Å²) in [5.41, 5.74) is -0.941. The van der Waals surface area contributed by atoms with E-state index >= 15 is 0 Å². The van der Waals surface area contributed by atoms with E-state index in [9.17, 15) is 18.4 Å². The minimum Gasteiger partial charge on any atom is -0.481 e. The molecule has 0 fully saturated rings. The van der Waals surface area contributed by atoms with Crippen LogP contribution in [0.25, 0.3) is 0 Å². The van der Waals surface area contributed by atoms with Gasteiger partial charge in [0.05, 0.1) is 11.6 Å². The van der Waals surface area contributed by atoms with E-state index < -0.39 is 34.8 Å². The lowest BCUT2D eigenvalue weighted by Crippen LogP contribution is -2.43. The van der Waals surface area contributed by atoms with Crippen molar-refractivity contribution in [1.82, 2.24) is 0 Å². The lowest BCUT2D eigenvalue weighted by Gasteiger charge is -2.31. The maximum atomic E-state index is 13.9. The summed E-state index contributed by atoms with van der Waals surface area (Å²) < 4.78 is 26.9. The molecule has 4 nitrogen and oxygen atoms in total. The summed E-state index contributed by atoms with van der Waals surface area (Å²) in [5, 5.41) is 8.98. The summed E-state index contributed by atoms with van der Waals surface area (Å²) in [6, 6.07) is 2.85. The number of halogens is 2. The predicted octanol–water partition coefficient (Wildman–Crippen LogP) is 3.06. The summed E-state index contributed by atoms with van der Waals surface area (Å²) >= 11 is 0. The fourth-order valence-electron chi connectivity index (χ4n) is 1.75. The fraction of sp³-hybridized carbons (Fsp3) is 0.467. The van der Waals surface area contributed by atoms with E-state index in [4.69, 9.17) is 5.11 Å². The van der Waals surface area contributed by atoms with Gasteiger partial charge in [-0.2, -0.15) is 0 Å². The molecule has 1 atom stereocenters. The van der Waals surface area contributed by atoms with Crippen LogP contribution in [0.4, 0.5) is 14.5 Å². The summed E-state index contributed by atoms with van der Waals surface area (Å²) in [6.07, 6.45) is 0. The quantitative estimate of drug-likeness (QED) is 0.929. The molecule has 0 spiro atoms. The third kappa shape index (κ3) is 4.24. The zero-order chi connectivity index (χ0) is 16.4. The zero-order valence-corrected chi connectivity index (χ0v) is 12.5. The van der Waals surface area contributed by atoms with Crippen LogP contribution in [-0.2, 0) is 9.59 Å². The van der Waals surface area contributed by atoms with Crippen molar-refractivity contribution in [3.63, 3.8) is 0 Å². The van der Waals surface area contributed by atoms with Gasteiger partial charge in [0.25, 0.3) is 0 Å². The molecule has 0 saturated carbocycles. The molecule has 1 aromatic rings. The Morgan fingerprint density at radius 2 is 1.86 bits per heavy atom. The summed E-state index contributed by atoms with van der Waals surface area (Å²) in [4.78, 5) is 24.5. The number of anilines is 1. The molecule has 0 bridgehead atoms. The SMILES string of the molecule is CC(CN(C(=O)C(C)(C)C)c1ccc(F)cc1F)C(=O)O. The van der Waals surface area contributed by atoms with Crippen molar-refractivity contribution in [2.45, 2.75) is 27.7 Å². The first kappa shape index (κ1) is 17.1. The van der Waals surface area contributed by atoms with Gasteiger partial charge in [-0.25, -0.2) is 8.78 Å². The van der Waals surface area contributed by atoms with Gasteiger partial charge in [-0.1, -0.05) is 27.7 Å². The molecule has 0 aromatic heterocycles. The average Bonchev–Trinajstić information content (AvgIpc) is 2.34. The van der Waals surface area contributed by atoms with Crippen molar-refractivity contribution in [3.05, 3.63) is 29.8 Å². The molecule has 1 amide bonds. The van der Waals surface area contributed by atoms with Crippen LogP contribution >= 0.6 is 0 Å². The number of carboxylic acid groups (broad SMARTS) is 1. The topological polar surface area (TPSA) is 57.6 Å². The second kappa shape index (κ2) is 6.20. The van der Waals surface area contributed by atoms with Crippen molar-refractivity contribution < 1.29 is 23.5 Å². The highest BCUT2D eigenvalue weighted by Crippen LogP contribution is 2.27. The van der Waals surface area contributed by atoms with Crippen LogP contribution < -0.4 is 4.90 Å². The lowest BCUT2D eigenvalue weighted by atomic mass is 9.93. The second-order valence-electron chi connectivity index (χ2n) is 6.00. The molecule has 1 unspecified atom stereocenters. The van der Waals surface area contributed by atoms with Gasteiger partial charge < -0.3 is 10.0 Å². The number of hydrogen-bond acceptors (Lipinski definition) is 2. The Morgan fingerprint density at radius 3 is 2.29 bits per heavy atom. The van der Waals surface area contributed by atoms with Crippen LogP contribution in [0.15, 0.2) is 18.2 Å². The Hall–Kier alpha value is -1.98. The van der Waals surface area contributed by atoms with Crippen LogP contribution in [0, 0.1) is 23.0 Å². The van der Waals surface area contributed by atoms with Crippen LogP contribution in [0.2, 0.25) is 0 Å². The Bertz CT molecular complexity index is 552. The lowest BCUT2D eigenvalue weighted by molar-refractivity contribution is -0.140. The zero-order valence-electron chi connectivity index (χ0n) is 12.5. The molecular weight excluding hydrogens is 280 g/mol. The molecule has 21 heavy (non-hydrogen) atoms.